The molecule has 0 saturated heterocycles. The van der Waals surface area contributed by atoms with Gasteiger partial charge in [0.15, 0.2) is 0 Å². The van der Waals surface area contributed by atoms with E-state index >= 15 is 0 Å². The molecule has 0 aliphatic rings. The lowest BCUT2D eigenvalue weighted by Crippen LogP contribution is -2.28. The van der Waals surface area contributed by atoms with Crippen molar-refractivity contribution in [2.75, 3.05) is 5.75 Å². The van der Waals surface area contributed by atoms with E-state index in [0.29, 0.717) is 0 Å². The van der Waals surface area contributed by atoms with E-state index < -0.39 is 0 Å². The molecule has 6 heteroatoms. The van der Waals surface area contributed by atoms with Crippen LogP contribution in [0.5, 0.6) is 0 Å². The largest absolute Gasteiger partial charge is 0.349 e. The summed E-state index contributed by atoms with van der Waals surface area (Å²) < 4.78 is 12.9. The van der Waals surface area contributed by atoms with Crippen molar-refractivity contribution in [1.29, 1.82) is 0 Å². The van der Waals surface area contributed by atoms with Crippen molar-refractivity contribution in [1.82, 2.24) is 15.3 Å². The summed E-state index contributed by atoms with van der Waals surface area (Å²) in [5.41, 5.74) is 1.77. The summed E-state index contributed by atoms with van der Waals surface area (Å²) in [7, 11) is 0. The molecule has 1 aromatic heterocycles. The third kappa shape index (κ3) is 5.30. The van der Waals surface area contributed by atoms with E-state index in [0.717, 1.165) is 22.1 Å². The minimum Gasteiger partial charge on any atom is -0.349 e. The van der Waals surface area contributed by atoms with E-state index in [9.17, 15) is 9.18 Å². The highest BCUT2D eigenvalue weighted by Gasteiger charge is 2.12. The summed E-state index contributed by atoms with van der Waals surface area (Å²) in [5, 5.41) is 3.71. The van der Waals surface area contributed by atoms with E-state index in [4.69, 9.17) is 0 Å². The fourth-order valence-corrected chi connectivity index (χ4v) is 2.93. The normalized spacial score (nSPS) is 12.2. The summed E-state index contributed by atoms with van der Waals surface area (Å²) in [6.45, 7) is 7.89. The molecule has 1 atom stereocenters. The Morgan fingerprint density at radius 1 is 1.21 bits per heavy atom. The number of amides is 1. The third-order valence-corrected chi connectivity index (χ3v) is 4.37. The summed E-state index contributed by atoms with van der Waals surface area (Å²) in [6, 6.07) is 7.85. The number of aryl methyl sites for hydroxylation is 1. The Labute approximate surface area is 146 Å². The van der Waals surface area contributed by atoms with Crippen LogP contribution in [-0.2, 0) is 4.79 Å². The maximum Gasteiger partial charge on any atom is 0.230 e. The first-order chi connectivity index (χ1) is 11.3. The average molecular weight is 347 g/mol. The Morgan fingerprint density at radius 3 is 2.50 bits per heavy atom. The van der Waals surface area contributed by atoms with Gasteiger partial charge >= 0.3 is 0 Å². The third-order valence-electron chi connectivity index (χ3n) is 3.46. The Balaban J connectivity index is 1.92. The summed E-state index contributed by atoms with van der Waals surface area (Å²) in [4.78, 5) is 21.0. The van der Waals surface area contributed by atoms with Gasteiger partial charge in [-0.1, -0.05) is 37.7 Å². The summed E-state index contributed by atoms with van der Waals surface area (Å²) in [5.74, 6) is 0.945. The number of halogens is 1. The SMILES string of the molecule is Cc1cc(SCC(=O)N[C@H](C)c2ccc(F)cc2)nc(C(C)C)n1. The summed E-state index contributed by atoms with van der Waals surface area (Å²) >= 11 is 1.39. The molecule has 0 aliphatic heterocycles. The molecule has 0 bridgehead atoms. The van der Waals surface area contributed by atoms with Crippen molar-refractivity contribution in [2.45, 2.75) is 44.7 Å². The minimum absolute atomic E-state index is 0.0841. The van der Waals surface area contributed by atoms with E-state index in [2.05, 4.69) is 15.3 Å². The van der Waals surface area contributed by atoms with Crippen LogP contribution in [-0.4, -0.2) is 21.6 Å². The number of aromatic nitrogens is 2. The second-order valence-corrected chi connectivity index (χ2v) is 6.99. The van der Waals surface area contributed by atoms with Crippen LogP contribution in [0.25, 0.3) is 0 Å². The van der Waals surface area contributed by atoms with Gasteiger partial charge in [-0.05, 0) is 37.6 Å². The van der Waals surface area contributed by atoms with Crippen molar-refractivity contribution in [3.63, 3.8) is 0 Å². The maximum absolute atomic E-state index is 12.9. The molecule has 1 N–H and O–H groups in total. The van der Waals surface area contributed by atoms with Gasteiger partial charge in [0.05, 0.1) is 11.8 Å². The molecule has 0 radical (unpaired) electrons. The second-order valence-electron chi connectivity index (χ2n) is 5.99. The molecule has 0 unspecified atom stereocenters. The molecule has 2 aromatic rings. The van der Waals surface area contributed by atoms with E-state index in [1.807, 2.05) is 33.8 Å². The molecule has 2 rings (SSSR count). The van der Waals surface area contributed by atoms with Gasteiger partial charge in [0.25, 0.3) is 0 Å². The predicted octanol–water partition coefficient (Wildman–Crippen LogP) is 4.02. The first kappa shape index (κ1) is 18.4. The highest BCUT2D eigenvalue weighted by molar-refractivity contribution is 7.99. The maximum atomic E-state index is 12.9. The molecule has 1 amide bonds. The van der Waals surface area contributed by atoms with E-state index in [1.165, 1.54) is 23.9 Å². The van der Waals surface area contributed by atoms with Gasteiger partial charge in [-0.2, -0.15) is 0 Å². The van der Waals surface area contributed by atoms with Gasteiger partial charge < -0.3 is 5.32 Å². The first-order valence-electron chi connectivity index (χ1n) is 7.88. The molecule has 0 aliphatic carbocycles. The molecule has 24 heavy (non-hydrogen) atoms. The number of nitrogens with one attached hydrogen (secondary N) is 1. The number of benzene rings is 1. The van der Waals surface area contributed by atoms with Gasteiger partial charge in [0.2, 0.25) is 5.91 Å². The lowest BCUT2D eigenvalue weighted by Gasteiger charge is -2.14. The molecule has 0 saturated carbocycles. The molecule has 0 spiro atoms. The van der Waals surface area contributed by atoms with Crippen LogP contribution < -0.4 is 5.32 Å². The van der Waals surface area contributed by atoms with Gasteiger partial charge in [-0.25, -0.2) is 14.4 Å². The van der Waals surface area contributed by atoms with Crippen LogP contribution in [0.1, 0.15) is 49.8 Å². The predicted molar refractivity (Wildman–Crippen MR) is 94.5 cm³/mol. The molecule has 1 aromatic carbocycles. The number of nitrogens with zero attached hydrogens (tertiary/aromatic N) is 2. The molecule has 1 heterocycles. The molecule has 4 nitrogen and oxygen atoms in total. The van der Waals surface area contributed by atoms with Crippen LogP contribution >= 0.6 is 11.8 Å². The van der Waals surface area contributed by atoms with Crippen LogP contribution in [0.3, 0.4) is 0 Å². The number of thioether (sulfide) groups is 1. The zero-order valence-electron chi connectivity index (χ0n) is 14.3. The van der Waals surface area contributed by atoms with Crippen LogP contribution in [0, 0.1) is 12.7 Å². The Morgan fingerprint density at radius 2 is 1.88 bits per heavy atom. The summed E-state index contributed by atoms with van der Waals surface area (Å²) in [6.07, 6.45) is 0. The quantitative estimate of drug-likeness (QED) is 0.633. The fraction of sp³-hybridized carbons (Fsp3) is 0.389. The number of hydrogen-bond acceptors (Lipinski definition) is 4. The van der Waals surface area contributed by atoms with Crippen molar-refractivity contribution in [3.05, 3.63) is 53.2 Å². The zero-order valence-corrected chi connectivity index (χ0v) is 15.2. The smallest absolute Gasteiger partial charge is 0.230 e. The van der Waals surface area contributed by atoms with Crippen LogP contribution in [0.15, 0.2) is 35.4 Å². The van der Waals surface area contributed by atoms with Crippen molar-refractivity contribution in [3.8, 4) is 0 Å². The first-order valence-corrected chi connectivity index (χ1v) is 8.87. The standard InChI is InChI=1S/C18H22FN3OS/c1-11(2)18-20-12(3)9-17(22-18)24-10-16(23)21-13(4)14-5-7-15(19)8-6-14/h5-9,11,13H,10H2,1-4H3,(H,21,23)/t13-/m1/s1. The van der Waals surface area contributed by atoms with E-state index in [-0.39, 0.29) is 29.4 Å². The van der Waals surface area contributed by atoms with E-state index in [1.54, 1.807) is 12.1 Å². The monoisotopic (exact) mass is 347 g/mol. The van der Waals surface area contributed by atoms with Gasteiger partial charge in [0, 0.05) is 11.6 Å². The second kappa shape index (κ2) is 8.24. The lowest BCUT2D eigenvalue weighted by molar-refractivity contribution is -0.119. The highest BCUT2D eigenvalue weighted by Crippen LogP contribution is 2.20. The molecular formula is C18H22FN3OS. The van der Waals surface area contributed by atoms with Gasteiger partial charge in [-0.3, -0.25) is 4.79 Å². The number of carbonyl (C=O) groups is 1. The zero-order chi connectivity index (χ0) is 17.7. The number of hydrogen-bond donors (Lipinski definition) is 1. The molecule has 128 valence electrons. The fourth-order valence-electron chi connectivity index (χ4n) is 2.15. The van der Waals surface area contributed by atoms with Gasteiger partial charge in [-0.15, -0.1) is 0 Å². The van der Waals surface area contributed by atoms with Crippen molar-refractivity contribution >= 4 is 17.7 Å². The lowest BCUT2D eigenvalue weighted by atomic mass is 10.1. The number of rotatable bonds is 6. The van der Waals surface area contributed by atoms with Crippen LogP contribution in [0.2, 0.25) is 0 Å². The Kier molecular flexibility index (Phi) is 6.31. The number of carbonyl (C=O) groups excluding carboxylic acids is 1. The van der Waals surface area contributed by atoms with Crippen molar-refractivity contribution in [2.24, 2.45) is 0 Å². The molecular weight excluding hydrogens is 325 g/mol. The molecule has 0 fully saturated rings. The Bertz CT molecular complexity index is 704. The topological polar surface area (TPSA) is 54.9 Å². The average Bonchev–Trinajstić information content (AvgIpc) is 2.53. The highest BCUT2D eigenvalue weighted by atomic mass is 32.2. The van der Waals surface area contributed by atoms with Gasteiger partial charge in [0.1, 0.15) is 16.7 Å². The Hall–Kier alpha value is -1.95. The van der Waals surface area contributed by atoms with Crippen molar-refractivity contribution < 1.29 is 9.18 Å². The van der Waals surface area contributed by atoms with Crippen LogP contribution in [0.4, 0.5) is 4.39 Å². The minimum atomic E-state index is -0.284.